The molecular formula is C14H19N5. The van der Waals surface area contributed by atoms with E-state index in [1.807, 2.05) is 30.7 Å². The van der Waals surface area contributed by atoms with Gasteiger partial charge in [0.15, 0.2) is 0 Å². The van der Waals surface area contributed by atoms with Crippen molar-refractivity contribution in [1.82, 2.24) is 20.3 Å². The Bertz CT molecular complexity index is 485. The Morgan fingerprint density at radius 1 is 1.21 bits per heavy atom. The fourth-order valence-corrected chi connectivity index (χ4v) is 2.39. The van der Waals surface area contributed by atoms with Gasteiger partial charge in [-0.3, -0.25) is 0 Å². The summed E-state index contributed by atoms with van der Waals surface area (Å²) < 4.78 is 0. The van der Waals surface area contributed by atoms with E-state index in [9.17, 15) is 0 Å². The molecule has 3 N–H and O–H groups in total. The first-order valence-corrected chi connectivity index (χ1v) is 6.82. The zero-order valence-electron chi connectivity index (χ0n) is 10.9. The van der Waals surface area contributed by atoms with Gasteiger partial charge in [0.25, 0.3) is 0 Å². The second-order valence-electron chi connectivity index (χ2n) is 4.95. The molecule has 0 amide bonds. The Balaban J connectivity index is 1.57. The molecule has 0 spiro atoms. The van der Waals surface area contributed by atoms with Crippen LogP contribution in [0.1, 0.15) is 12.8 Å². The van der Waals surface area contributed by atoms with Crippen molar-refractivity contribution in [3.63, 3.8) is 0 Å². The average molecular weight is 257 g/mol. The molecule has 0 unspecified atom stereocenters. The maximum atomic E-state index is 4.36. The number of H-pyrrole nitrogens is 1. The molecule has 5 heteroatoms. The van der Waals surface area contributed by atoms with Gasteiger partial charge in [-0.1, -0.05) is 0 Å². The van der Waals surface area contributed by atoms with Crippen LogP contribution in [0.15, 0.2) is 30.7 Å². The van der Waals surface area contributed by atoms with E-state index in [-0.39, 0.29) is 0 Å². The summed E-state index contributed by atoms with van der Waals surface area (Å²) in [5, 5.41) is 6.70. The van der Waals surface area contributed by atoms with Crippen molar-refractivity contribution in [2.24, 2.45) is 5.92 Å². The molecular weight excluding hydrogens is 238 g/mol. The average Bonchev–Trinajstić information content (AvgIpc) is 3.01. The van der Waals surface area contributed by atoms with Gasteiger partial charge in [-0.25, -0.2) is 9.97 Å². The Morgan fingerprint density at radius 2 is 2.00 bits per heavy atom. The van der Waals surface area contributed by atoms with Crippen LogP contribution >= 0.6 is 0 Å². The van der Waals surface area contributed by atoms with E-state index in [1.54, 1.807) is 0 Å². The van der Waals surface area contributed by atoms with E-state index in [0.29, 0.717) is 5.95 Å². The number of aromatic amines is 1. The molecule has 2 aromatic heterocycles. The maximum absolute atomic E-state index is 4.36. The molecule has 0 atom stereocenters. The van der Waals surface area contributed by atoms with Crippen molar-refractivity contribution in [1.29, 1.82) is 0 Å². The smallest absolute Gasteiger partial charge is 0.222 e. The molecule has 0 bridgehead atoms. The maximum Gasteiger partial charge on any atom is 0.222 e. The Hall–Kier alpha value is -1.88. The second kappa shape index (κ2) is 5.84. The fourth-order valence-electron chi connectivity index (χ4n) is 2.39. The van der Waals surface area contributed by atoms with Crippen LogP contribution in [0.5, 0.6) is 0 Å². The number of nitrogens with one attached hydrogen (secondary N) is 3. The lowest BCUT2D eigenvalue weighted by Crippen LogP contribution is -2.31. The van der Waals surface area contributed by atoms with Gasteiger partial charge in [-0.2, -0.15) is 0 Å². The summed E-state index contributed by atoms with van der Waals surface area (Å²) in [6, 6.07) is 3.99. The first-order chi connectivity index (χ1) is 9.42. The number of rotatable bonds is 4. The molecule has 1 aliphatic rings. The van der Waals surface area contributed by atoms with Crippen molar-refractivity contribution < 1.29 is 0 Å². The van der Waals surface area contributed by atoms with Crippen molar-refractivity contribution in [3.8, 4) is 11.3 Å². The van der Waals surface area contributed by atoms with Gasteiger partial charge in [-0.15, -0.1) is 0 Å². The molecule has 1 fully saturated rings. The van der Waals surface area contributed by atoms with E-state index in [0.717, 1.165) is 36.8 Å². The highest BCUT2D eigenvalue weighted by atomic mass is 15.1. The SMILES string of the molecule is c1c[nH]c(-c2cnc(NCC3CCNCC3)nc2)c1. The monoisotopic (exact) mass is 257 g/mol. The van der Waals surface area contributed by atoms with Crippen LogP contribution in [0.2, 0.25) is 0 Å². The summed E-state index contributed by atoms with van der Waals surface area (Å²) >= 11 is 0. The van der Waals surface area contributed by atoms with E-state index in [4.69, 9.17) is 0 Å². The minimum absolute atomic E-state index is 0.717. The lowest BCUT2D eigenvalue weighted by Gasteiger charge is -2.22. The van der Waals surface area contributed by atoms with Gasteiger partial charge in [-0.05, 0) is 44.0 Å². The quantitative estimate of drug-likeness (QED) is 0.782. The first-order valence-electron chi connectivity index (χ1n) is 6.82. The summed E-state index contributed by atoms with van der Waals surface area (Å²) in [7, 11) is 0. The highest BCUT2D eigenvalue weighted by Crippen LogP contribution is 2.16. The van der Waals surface area contributed by atoms with Crippen molar-refractivity contribution >= 4 is 5.95 Å². The predicted octanol–water partition coefficient (Wildman–Crippen LogP) is 1.88. The van der Waals surface area contributed by atoms with Crippen LogP contribution in [-0.4, -0.2) is 34.6 Å². The van der Waals surface area contributed by atoms with Gasteiger partial charge in [0.05, 0.1) is 0 Å². The molecule has 1 aliphatic heterocycles. The molecule has 1 saturated heterocycles. The fraction of sp³-hybridized carbons (Fsp3) is 0.429. The summed E-state index contributed by atoms with van der Waals surface area (Å²) in [6.45, 7) is 3.21. The zero-order valence-corrected chi connectivity index (χ0v) is 10.9. The largest absolute Gasteiger partial charge is 0.361 e. The van der Waals surface area contributed by atoms with Crippen molar-refractivity contribution in [3.05, 3.63) is 30.7 Å². The molecule has 3 heterocycles. The predicted molar refractivity (Wildman–Crippen MR) is 75.9 cm³/mol. The molecule has 19 heavy (non-hydrogen) atoms. The van der Waals surface area contributed by atoms with Crippen molar-refractivity contribution in [2.45, 2.75) is 12.8 Å². The molecule has 2 aromatic rings. The van der Waals surface area contributed by atoms with Gasteiger partial charge in [0.1, 0.15) is 0 Å². The number of nitrogens with zero attached hydrogens (tertiary/aromatic N) is 2. The Kier molecular flexibility index (Phi) is 3.74. The number of aromatic nitrogens is 3. The third kappa shape index (κ3) is 3.12. The molecule has 0 aliphatic carbocycles. The third-order valence-corrected chi connectivity index (χ3v) is 3.57. The van der Waals surface area contributed by atoms with Crippen LogP contribution in [0.3, 0.4) is 0 Å². The van der Waals surface area contributed by atoms with E-state index in [2.05, 4.69) is 25.6 Å². The molecule has 5 nitrogen and oxygen atoms in total. The normalized spacial score (nSPS) is 16.4. The lowest BCUT2D eigenvalue weighted by molar-refractivity contribution is 0.389. The lowest BCUT2D eigenvalue weighted by atomic mass is 9.98. The highest BCUT2D eigenvalue weighted by Gasteiger charge is 2.12. The van der Waals surface area contributed by atoms with Gasteiger partial charge >= 0.3 is 0 Å². The second-order valence-corrected chi connectivity index (χ2v) is 4.95. The standard InChI is InChI=1S/C14H19N5/c1-2-13(16-5-1)12-9-18-14(19-10-12)17-8-11-3-6-15-7-4-11/h1-2,5,9-11,15-16H,3-4,6-8H2,(H,17,18,19). The topological polar surface area (TPSA) is 65.6 Å². The number of hydrogen-bond acceptors (Lipinski definition) is 4. The number of hydrogen-bond donors (Lipinski definition) is 3. The van der Waals surface area contributed by atoms with Crippen LogP contribution < -0.4 is 10.6 Å². The zero-order chi connectivity index (χ0) is 12.9. The first kappa shape index (κ1) is 12.2. The minimum atomic E-state index is 0.717. The molecule has 0 radical (unpaired) electrons. The summed E-state index contributed by atoms with van der Waals surface area (Å²) in [5.41, 5.74) is 2.06. The van der Waals surface area contributed by atoms with Gasteiger partial charge < -0.3 is 15.6 Å². The molecule has 0 saturated carbocycles. The molecule has 100 valence electrons. The van der Waals surface area contributed by atoms with Gasteiger partial charge in [0, 0.05) is 36.4 Å². The van der Waals surface area contributed by atoms with Crippen LogP contribution in [-0.2, 0) is 0 Å². The van der Waals surface area contributed by atoms with E-state index in [1.165, 1.54) is 12.8 Å². The summed E-state index contributed by atoms with van der Waals surface area (Å²) in [5.74, 6) is 1.45. The van der Waals surface area contributed by atoms with Crippen molar-refractivity contribution in [2.75, 3.05) is 25.0 Å². The minimum Gasteiger partial charge on any atom is -0.361 e. The Labute approximate surface area is 112 Å². The summed E-state index contributed by atoms with van der Waals surface area (Å²) in [6.07, 6.45) is 8.06. The molecule has 3 rings (SSSR count). The third-order valence-electron chi connectivity index (χ3n) is 3.57. The summed E-state index contributed by atoms with van der Waals surface area (Å²) in [4.78, 5) is 11.9. The molecule has 0 aromatic carbocycles. The van der Waals surface area contributed by atoms with Crippen LogP contribution in [0, 0.1) is 5.92 Å². The number of piperidine rings is 1. The van der Waals surface area contributed by atoms with Gasteiger partial charge in [0.2, 0.25) is 5.95 Å². The Morgan fingerprint density at radius 3 is 2.68 bits per heavy atom. The number of anilines is 1. The van der Waals surface area contributed by atoms with E-state index >= 15 is 0 Å². The highest BCUT2D eigenvalue weighted by molar-refractivity contribution is 5.57. The van der Waals surface area contributed by atoms with E-state index < -0.39 is 0 Å². The van der Waals surface area contributed by atoms with Crippen LogP contribution in [0.4, 0.5) is 5.95 Å². The van der Waals surface area contributed by atoms with Crippen LogP contribution in [0.25, 0.3) is 11.3 Å².